The van der Waals surface area contributed by atoms with Gasteiger partial charge in [-0.1, -0.05) is 40.5 Å². The third kappa shape index (κ3) is 5.86. The Morgan fingerprint density at radius 1 is 1.12 bits per heavy atom. The average Bonchev–Trinajstić information content (AvgIpc) is 2.23. The van der Waals surface area contributed by atoms with Crippen molar-refractivity contribution in [2.45, 2.75) is 66.0 Å². The number of rotatable bonds is 9. The Morgan fingerprint density at radius 2 is 1.75 bits per heavy atom. The molecule has 2 heteroatoms. The molecule has 0 fully saturated rings. The summed E-state index contributed by atoms with van der Waals surface area (Å²) in [7, 11) is 2.05. The number of hydrogen-bond donors (Lipinski definition) is 1. The van der Waals surface area contributed by atoms with Crippen LogP contribution in [0, 0.1) is 11.8 Å². The van der Waals surface area contributed by atoms with E-state index in [0.717, 1.165) is 12.5 Å². The van der Waals surface area contributed by atoms with E-state index in [-0.39, 0.29) is 0 Å². The summed E-state index contributed by atoms with van der Waals surface area (Å²) in [5.41, 5.74) is 0. The topological polar surface area (TPSA) is 21.3 Å². The Kier molecular flexibility index (Phi) is 8.96. The van der Waals surface area contributed by atoms with Gasteiger partial charge in [0.15, 0.2) is 0 Å². The fourth-order valence-electron chi connectivity index (χ4n) is 2.43. The first-order chi connectivity index (χ1) is 7.56. The second kappa shape index (κ2) is 9.00. The molecular formula is C14H31NO. The van der Waals surface area contributed by atoms with Crippen molar-refractivity contribution in [2.75, 3.05) is 13.7 Å². The van der Waals surface area contributed by atoms with E-state index in [1.807, 2.05) is 0 Å². The molecule has 2 nitrogen and oxygen atoms in total. The Hall–Kier alpha value is -0.0800. The fourth-order valence-corrected chi connectivity index (χ4v) is 2.43. The second-order valence-corrected chi connectivity index (χ2v) is 5.19. The average molecular weight is 229 g/mol. The van der Waals surface area contributed by atoms with E-state index in [0.29, 0.717) is 18.1 Å². The van der Waals surface area contributed by atoms with Crippen molar-refractivity contribution in [3.05, 3.63) is 0 Å². The summed E-state index contributed by atoms with van der Waals surface area (Å²) < 4.78 is 5.87. The highest BCUT2D eigenvalue weighted by Gasteiger charge is 2.24. The summed E-state index contributed by atoms with van der Waals surface area (Å²) in [5.74, 6) is 1.36. The van der Waals surface area contributed by atoms with Gasteiger partial charge in [-0.3, -0.25) is 0 Å². The Labute approximate surface area is 102 Å². The maximum atomic E-state index is 5.87. The molecule has 0 aliphatic carbocycles. The molecule has 0 rings (SSSR count). The predicted octanol–water partition coefficient (Wildman–Crippen LogP) is 3.46. The largest absolute Gasteiger partial charge is 0.377 e. The number of nitrogens with one attached hydrogen (secondary N) is 1. The summed E-state index contributed by atoms with van der Waals surface area (Å²) in [6.45, 7) is 12.0. The van der Waals surface area contributed by atoms with Gasteiger partial charge < -0.3 is 10.1 Å². The van der Waals surface area contributed by atoms with Crippen LogP contribution in [0.2, 0.25) is 0 Å². The molecule has 98 valence electrons. The van der Waals surface area contributed by atoms with Crippen molar-refractivity contribution in [3.8, 4) is 0 Å². The summed E-state index contributed by atoms with van der Waals surface area (Å²) in [6.07, 6.45) is 4.15. The minimum Gasteiger partial charge on any atom is -0.377 e. The molecule has 0 aromatic rings. The Bertz CT molecular complexity index is 159. The monoisotopic (exact) mass is 229 g/mol. The van der Waals surface area contributed by atoms with Crippen molar-refractivity contribution < 1.29 is 4.74 Å². The summed E-state index contributed by atoms with van der Waals surface area (Å²) in [6, 6.07) is 0.487. The van der Waals surface area contributed by atoms with Crippen molar-refractivity contribution in [3.63, 3.8) is 0 Å². The lowest BCUT2D eigenvalue weighted by Gasteiger charge is -2.31. The van der Waals surface area contributed by atoms with Crippen LogP contribution in [0.4, 0.5) is 0 Å². The van der Waals surface area contributed by atoms with E-state index in [1.165, 1.54) is 19.3 Å². The normalized spacial score (nSPS) is 17.4. The molecule has 3 unspecified atom stereocenters. The molecule has 16 heavy (non-hydrogen) atoms. The maximum Gasteiger partial charge on any atom is 0.0750 e. The van der Waals surface area contributed by atoms with Gasteiger partial charge in [0.2, 0.25) is 0 Å². The SMILES string of the molecule is CCCC(C)CC(NC)C(OCC)C(C)C. The van der Waals surface area contributed by atoms with Crippen LogP contribution in [-0.4, -0.2) is 25.8 Å². The molecule has 0 saturated heterocycles. The first-order valence-electron chi connectivity index (χ1n) is 6.85. The highest BCUT2D eigenvalue weighted by atomic mass is 16.5. The van der Waals surface area contributed by atoms with Crippen LogP contribution in [-0.2, 0) is 4.74 Å². The molecule has 0 bridgehead atoms. The first-order valence-corrected chi connectivity index (χ1v) is 6.85. The van der Waals surface area contributed by atoms with E-state index in [1.54, 1.807) is 0 Å². The van der Waals surface area contributed by atoms with Gasteiger partial charge in [0.1, 0.15) is 0 Å². The zero-order chi connectivity index (χ0) is 12.6. The van der Waals surface area contributed by atoms with Gasteiger partial charge in [-0.25, -0.2) is 0 Å². The molecule has 0 amide bonds. The Balaban J connectivity index is 4.30. The molecule has 0 heterocycles. The summed E-state index contributed by atoms with van der Waals surface area (Å²) >= 11 is 0. The molecule has 0 aliphatic heterocycles. The quantitative estimate of drug-likeness (QED) is 0.654. The maximum absolute atomic E-state index is 5.87. The minimum atomic E-state index is 0.342. The molecule has 0 radical (unpaired) electrons. The van der Waals surface area contributed by atoms with Crippen molar-refractivity contribution in [1.82, 2.24) is 5.32 Å². The van der Waals surface area contributed by atoms with Crippen LogP contribution in [0.5, 0.6) is 0 Å². The lowest BCUT2D eigenvalue weighted by atomic mass is 9.90. The van der Waals surface area contributed by atoms with E-state index in [2.05, 4.69) is 47.0 Å². The lowest BCUT2D eigenvalue weighted by Crippen LogP contribution is -2.43. The van der Waals surface area contributed by atoms with Gasteiger partial charge in [0, 0.05) is 12.6 Å². The molecule has 0 aromatic heterocycles. The van der Waals surface area contributed by atoms with Gasteiger partial charge in [-0.05, 0) is 32.2 Å². The molecule has 3 atom stereocenters. The minimum absolute atomic E-state index is 0.342. The van der Waals surface area contributed by atoms with Crippen molar-refractivity contribution in [2.24, 2.45) is 11.8 Å². The molecular weight excluding hydrogens is 198 g/mol. The Morgan fingerprint density at radius 3 is 2.12 bits per heavy atom. The standard InChI is InChI=1S/C14H31NO/c1-7-9-12(5)10-13(15-6)14(11(3)4)16-8-2/h11-15H,7-10H2,1-6H3. The molecule has 0 spiro atoms. The van der Waals surface area contributed by atoms with Crippen LogP contribution in [0.1, 0.15) is 53.9 Å². The number of likely N-dealkylation sites (N-methyl/N-ethyl adjacent to an activating group) is 1. The number of hydrogen-bond acceptors (Lipinski definition) is 2. The molecule has 1 N–H and O–H groups in total. The lowest BCUT2D eigenvalue weighted by molar-refractivity contribution is -0.000283. The number of ether oxygens (including phenoxy) is 1. The zero-order valence-corrected chi connectivity index (χ0v) is 12.0. The van der Waals surface area contributed by atoms with Crippen LogP contribution in [0.3, 0.4) is 0 Å². The smallest absolute Gasteiger partial charge is 0.0750 e. The van der Waals surface area contributed by atoms with E-state index < -0.39 is 0 Å². The second-order valence-electron chi connectivity index (χ2n) is 5.19. The van der Waals surface area contributed by atoms with Gasteiger partial charge in [0.05, 0.1) is 6.10 Å². The van der Waals surface area contributed by atoms with Gasteiger partial charge in [-0.2, -0.15) is 0 Å². The van der Waals surface area contributed by atoms with Crippen LogP contribution in [0.25, 0.3) is 0 Å². The predicted molar refractivity (Wildman–Crippen MR) is 71.8 cm³/mol. The highest BCUT2D eigenvalue weighted by molar-refractivity contribution is 4.80. The molecule has 0 aromatic carbocycles. The summed E-state index contributed by atoms with van der Waals surface area (Å²) in [4.78, 5) is 0. The van der Waals surface area contributed by atoms with Crippen LogP contribution >= 0.6 is 0 Å². The molecule has 0 saturated carbocycles. The van der Waals surface area contributed by atoms with E-state index >= 15 is 0 Å². The van der Waals surface area contributed by atoms with Crippen molar-refractivity contribution >= 4 is 0 Å². The van der Waals surface area contributed by atoms with E-state index in [9.17, 15) is 0 Å². The first kappa shape index (κ1) is 15.9. The van der Waals surface area contributed by atoms with Crippen LogP contribution in [0.15, 0.2) is 0 Å². The third-order valence-electron chi connectivity index (χ3n) is 3.22. The van der Waals surface area contributed by atoms with Crippen molar-refractivity contribution in [1.29, 1.82) is 0 Å². The van der Waals surface area contributed by atoms with E-state index in [4.69, 9.17) is 4.74 Å². The van der Waals surface area contributed by atoms with Gasteiger partial charge in [0.25, 0.3) is 0 Å². The summed E-state index contributed by atoms with van der Waals surface area (Å²) in [5, 5.41) is 3.43. The van der Waals surface area contributed by atoms with Gasteiger partial charge in [-0.15, -0.1) is 0 Å². The highest BCUT2D eigenvalue weighted by Crippen LogP contribution is 2.20. The molecule has 0 aliphatic rings. The fraction of sp³-hybridized carbons (Fsp3) is 1.00. The van der Waals surface area contributed by atoms with Gasteiger partial charge >= 0.3 is 0 Å². The zero-order valence-electron chi connectivity index (χ0n) is 12.0. The van der Waals surface area contributed by atoms with Crippen LogP contribution < -0.4 is 5.32 Å². The third-order valence-corrected chi connectivity index (χ3v) is 3.22.